The number of nitrogens with one attached hydrogen (secondary N) is 2. The van der Waals surface area contributed by atoms with E-state index in [1.165, 1.54) is 10.4 Å². The number of carbonyl (C=O) groups excluding carboxylic acids is 1. The van der Waals surface area contributed by atoms with Crippen molar-refractivity contribution >= 4 is 33.3 Å². The van der Waals surface area contributed by atoms with Crippen molar-refractivity contribution in [1.82, 2.24) is 9.62 Å². The summed E-state index contributed by atoms with van der Waals surface area (Å²) in [5, 5.41) is 5.90. The summed E-state index contributed by atoms with van der Waals surface area (Å²) >= 11 is 5.96. The van der Waals surface area contributed by atoms with Gasteiger partial charge in [-0.1, -0.05) is 42.3 Å². The van der Waals surface area contributed by atoms with Gasteiger partial charge >= 0.3 is 6.03 Å². The molecule has 144 valence electrons. The largest absolute Gasteiger partial charge is 0.336 e. The molecular formula is C19H22ClN3O3S. The van der Waals surface area contributed by atoms with E-state index in [1.54, 1.807) is 30.3 Å². The van der Waals surface area contributed by atoms with Crippen LogP contribution in [0.1, 0.15) is 19.3 Å². The van der Waals surface area contributed by atoms with Crippen LogP contribution in [0.5, 0.6) is 0 Å². The second-order valence-electron chi connectivity index (χ2n) is 6.42. The lowest BCUT2D eigenvalue weighted by Crippen LogP contribution is -2.49. The zero-order chi connectivity index (χ0) is 19.3. The third-order valence-electron chi connectivity index (χ3n) is 4.51. The first-order valence-electron chi connectivity index (χ1n) is 8.84. The molecule has 3 rings (SSSR count). The topological polar surface area (TPSA) is 78.5 Å². The van der Waals surface area contributed by atoms with E-state index >= 15 is 0 Å². The van der Waals surface area contributed by atoms with Crippen LogP contribution in [0.2, 0.25) is 5.02 Å². The zero-order valence-corrected chi connectivity index (χ0v) is 16.3. The Morgan fingerprint density at radius 3 is 2.63 bits per heavy atom. The number of amides is 2. The maximum atomic E-state index is 13.0. The molecule has 0 bridgehead atoms. The molecule has 0 saturated carbocycles. The Hall–Kier alpha value is -2.09. The maximum Gasteiger partial charge on any atom is 0.319 e. The predicted molar refractivity (Wildman–Crippen MR) is 106 cm³/mol. The Kier molecular flexibility index (Phi) is 6.36. The van der Waals surface area contributed by atoms with E-state index in [-0.39, 0.29) is 23.5 Å². The maximum absolute atomic E-state index is 13.0. The van der Waals surface area contributed by atoms with E-state index in [0.29, 0.717) is 23.7 Å². The number of nitrogens with zero attached hydrogens (tertiary/aromatic N) is 1. The highest BCUT2D eigenvalue weighted by molar-refractivity contribution is 7.89. The fourth-order valence-corrected chi connectivity index (χ4v) is 5.16. The average molecular weight is 408 g/mol. The SMILES string of the molecule is O=C(NCC1CCCCN1S(=O)(=O)c1cccc(Cl)c1)Nc1ccccc1. The van der Waals surface area contributed by atoms with Gasteiger partial charge in [-0.05, 0) is 43.2 Å². The number of rotatable bonds is 5. The fraction of sp³-hybridized carbons (Fsp3) is 0.316. The molecule has 0 spiro atoms. The molecule has 2 amide bonds. The third-order valence-corrected chi connectivity index (χ3v) is 6.69. The molecule has 1 aliphatic heterocycles. The van der Waals surface area contributed by atoms with E-state index in [4.69, 9.17) is 11.6 Å². The zero-order valence-electron chi connectivity index (χ0n) is 14.8. The minimum Gasteiger partial charge on any atom is -0.336 e. The standard InChI is InChI=1S/C19H22ClN3O3S/c20-15-7-6-11-18(13-15)27(25,26)23-12-5-4-10-17(23)14-21-19(24)22-16-8-2-1-3-9-16/h1-3,6-9,11,13,17H,4-5,10,12,14H2,(H2,21,22,24). The molecule has 2 N–H and O–H groups in total. The second-order valence-corrected chi connectivity index (χ2v) is 8.75. The van der Waals surface area contributed by atoms with Gasteiger partial charge < -0.3 is 10.6 Å². The van der Waals surface area contributed by atoms with E-state index in [0.717, 1.165) is 12.8 Å². The van der Waals surface area contributed by atoms with Gasteiger partial charge in [-0.3, -0.25) is 0 Å². The van der Waals surface area contributed by atoms with E-state index in [2.05, 4.69) is 10.6 Å². The molecule has 0 aromatic heterocycles. The van der Waals surface area contributed by atoms with Gasteiger partial charge in [-0.15, -0.1) is 0 Å². The summed E-state index contributed by atoms with van der Waals surface area (Å²) in [6, 6.07) is 14.7. The Bertz CT molecular complexity index is 890. The van der Waals surface area contributed by atoms with Crippen molar-refractivity contribution in [2.24, 2.45) is 0 Å². The van der Waals surface area contributed by atoms with Crippen molar-refractivity contribution in [2.45, 2.75) is 30.2 Å². The molecule has 0 radical (unpaired) electrons. The van der Waals surface area contributed by atoms with Crippen LogP contribution in [-0.2, 0) is 10.0 Å². The first-order chi connectivity index (χ1) is 13.0. The highest BCUT2D eigenvalue weighted by Crippen LogP contribution is 2.26. The van der Waals surface area contributed by atoms with Crippen LogP contribution < -0.4 is 10.6 Å². The van der Waals surface area contributed by atoms with E-state index in [9.17, 15) is 13.2 Å². The summed E-state index contributed by atoms with van der Waals surface area (Å²) in [5.74, 6) is 0. The first kappa shape index (κ1) is 19.7. The summed E-state index contributed by atoms with van der Waals surface area (Å²) in [7, 11) is -3.66. The van der Waals surface area contributed by atoms with Crippen molar-refractivity contribution in [1.29, 1.82) is 0 Å². The number of para-hydroxylation sites is 1. The Labute approximate surface area is 164 Å². The Morgan fingerprint density at radius 1 is 1.11 bits per heavy atom. The summed E-state index contributed by atoms with van der Waals surface area (Å²) in [6.07, 6.45) is 2.42. The normalized spacial score (nSPS) is 18.0. The van der Waals surface area contributed by atoms with Crippen molar-refractivity contribution in [3.8, 4) is 0 Å². The summed E-state index contributed by atoms with van der Waals surface area (Å²) in [4.78, 5) is 12.3. The summed E-state index contributed by atoms with van der Waals surface area (Å²) in [5.41, 5.74) is 0.682. The van der Waals surface area contributed by atoms with Gasteiger partial charge in [-0.2, -0.15) is 4.31 Å². The van der Waals surface area contributed by atoms with Crippen molar-refractivity contribution in [3.05, 3.63) is 59.6 Å². The quantitative estimate of drug-likeness (QED) is 0.793. The lowest BCUT2D eigenvalue weighted by Gasteiger charge is -2.34. The van der Waals surface area contributed by atoms with Gasteiger partial charge in [-0.25, -0.2) is 13.2 Å². The lowest BCUT2D eigenvalue weighted by molar-refractivity contribution is 0.231. The Morgan fingerprint density at radius 2 is 1.89 bits per heavy atom. The number of sulfonamides is 1. The van der Waals surface area contributed by atoms with Crippen LogP contribution >= 0.6 is 11.6 Å². The van der Waals surface area contributed by atoms with Crippen LogP contribution in [0.4, 0.5) is 10.5 Å². The summed E-state index contributed by atoms with van der Waals surface area (Å²) < 4.78 is 27.5. The van der Waals surface area contributed by atoms with Gasteiger partial charge in [0.2, 0.25) is 10.0 Å². The van der Waals surface area contributed by atoms with Gasteiger partial charge in [0.15, 0.2) is 0 Å². The van der Waals surface area contributed by atoms with Gasteiger partial charge in [0.05, 0.1) is 4.90 Å². The predicted octanol–water partition coefficient (Wildman–Crippen LogP) is 3.70. The molecule has 2 aromatic carbocycles. The lowest BCUT2D eigenvalue weighted by atomic mass is 10.1. The minimum atomic E-state index is -3.66. The van der Waals surface area contributed by atoms with Crippen molar-refractivity contribution in [2.75, 3.05) is 18.4 Å². The molecule has 2 aromatic rings. The van der Waals surface area contributed by atoms with Crippen LogP contribution in [0, 0.1) is 0 Å². The van der Waals surface area contributed by atoms with Crippen LogP contribution in [0.15, 0.2) is 59.5 Å². The number of benzene rings is 2. The monoisotopic (exact) mass is 407 g/mol. The molecule has 1 unspecified atom stereocenters. The molecule has 27 heavy (non-hydrogen) atoms. The number of urea groups is 1. The van der Waals surface area contributed by atoms with Gasteiger partial charge in [0.1, 0.15) is 0 Å². The van der Waals surface area contributed by atoms with Crippen molar-refractivity contribution in [3.63, 3.8) is 0 Å². The highest BCUT2D eigenvalue weighted by atomic mass is 35.5. The minimum absolute atomic E-state index is 0.177. The summed E-state index contributed by atoms with van der Waals surface area (Å²) in [6.45, 7) is 0.681. The van der Waals surface area contributed by atoms with E-state index in [1.807, 2.05) is 18.2 Å². The van der Waals surface area contributed by atoms with Gasteiger partial charge in [0.25, 0.3) is 0 Å². The average Bonchev–Trinajstić information content (AvgIpc) is 2.67. The molecular weight excluding hydrogens is 386 g/mol. The number of piperidine rings is 1. The number of hydrogen-bond donors (Lipinski definition) is 2. The molecule has 1 saturated heterocycles. The van der Waals surface area contributed by atoms with Crippen LogP contribution in [-0.4, -0.2) is 37.9 Å². The molecule has 1 atom stereocenters. The number of halogens is 1. The third kappa shape index (κ3) is 5.00. The molecule has 8 heteroatoms. The molecule has 1 heterocycles. The first-order valence-corrected chi connectivity index (χ1v) is 10.7. The Balaban J connectivity index is 1.67. The molecule has 1 aliphatic rings. The highest BCUT2D eigenvalue weighted by Gasteiger charge is 2.33. The smallest absolute Gasteiger partial charge is 0.319 e. The molecule has 1 fully saturated rings. The molecule has 0 aliphatic carbocycles. The van der Waals surface area contributed by atoms with E-state index < -0.39 is 10.0 Å². The van der Waals surface area contributed by atoms with Gasteiger partial charge in [0, 0.05) is 29.8 Å². The fourth-order valence-electron chi connectivity index (χ4n) is 3.16. The number of carbonyl (C=O) groups is 1. The van der Waals surface area contributed by atoms with Crippen LogP contribution in [0.25, 0.3) is 0 Å². The second kappa shape index (κ2) is 8.73. The van der Waals surface area contributed by atoms with Crippen molar-refractivity contribution < 1.29 is 13.2 Å². The molecule has 6 nitrogen and oxygen atoms in total. The number of anilines is 1. The van der Waals surface area contributed by atoms with Crippen LogP contribution in [0.3, 0.4) is 0 Å². The number of hydrogen-bond acceptors (Lipinski definition) is 3.